The summed E-state index contributed by atoms with van der Waals surface area (Å²) in [6.07, 6.45) is -1.24. The zero-order valence-electron chi connectivity index (χ0n) is 14.1. The molecular weight excluding hydrogens is 474 g/mol. The van der Waals surface area contributed by atoms with E-state index in [0.29, 0.717) is 30.0 Å². The van der Waals surface area contributed by atoms with Gasteiger partial charge in [-0.3, -0.25) is 9.47 Å². The molecule has 0 radical (unpaired) electrons. The molecule has 0 spiro atoms. The molecule has 0 saturated carbocycles. The van der Waals surface area contributed by atoms with Crippen molar-refractivity contribution in [3.63, 3.8) is 0 Å². The van der Waals surface area contributed by atoms with Crippen LogP contribution >= 0.6 is 24.0 Å². The van der Waals surface area contributed by atoms with Crippen LogP contribution in [0.2, 0.25) is 0 Å². The molecule has 1 aromatic heterocycles. The highest BCUT2D eigenvalue weighted by Crippen LogP contribution is 2.20. The van der Waals surface area contributed by atoms with Gasteiger partial charge < -0.3 is 10.6 Å². The van der Waals surface area contributed by atoms with Gasteiger partial charge in [0.2, 0.25) is 0 Å². The van der Waals surface area contributed by atoms with E-state index < -0.39 is 19.3 Å². The van der Waals surface area contributed by atoms with Crippen molar-refractivity contribution in [3.8, 4) is 0 Å². The third-order valence-electron chi connectivity index (χ3n) is 3.70. The van der Waals surface area contributed by atoms with Crippen molar-refractivity contribution in [1.82, 2.24) is 25.1 Å². The largest absolute Gasteiger partial charge is 0.401 e. The van der Waals surface area contributed by atoms with Gasteiger partial charge in [0.15, 0.2) is 5.96 Å². The third-order valence-corrected chi connectivity index (χ3v) is 3.70. The fourth-order valence-corrected chi connectivity index (χ4v) is 2.65. The molecule has 1 aliphatic rings. The second kappa shape index (κ2) is 10.2. The summed E-state index contributed by atoms with van der Waals surface area (Å²) in [5.74, 6) is 0.475. The molecule has 26 heavy (non-hydrogen) atoms. The molecule has 1 aromatic rings. The fourth-order valence-electron chi connectivity index (χ4n) is 2.65. The Morgan fingerprint density at radius 2 is 2.15 bits per heavy atom. The number of aliphatic imine (C=N–C) groups is 1. The Bertz CT molecular complexity index is 576. The number of hydrogen-bond donors (Lipinski definition) is 2. The highest BCUT2D eigenvalue weighted by atomic mass is 127. The lowest BCUT2D eigenvalue weighted by atomic mass is 10.3. The molecule has 2 N–H and O–H groups in total. The molecule has 1 atom stereocenters. The summed E-state index contributed by atoms with van der Waals surface area (Å²) in [5.41, 5.74) is 0. The Balaban J connectivity index is 0.00000338. The van der Waals surface area contributed by atoms with E-state index in [9.17, 15) is 22.0 Å². The summed E-state index contributed by atoms with van der Waals surface area (Å²) in [6.45, 7) is -0.747. The average Bonchev–Trinajstić information content (AvgIpc) is 3.12. The summed E-state index contributed by atoms with van der Waals surface area (Å²) in [7, 11) is 0. The highest BCUT2D eigenvalue weighted by molar-refractivity contribution is 14.0. The third kappa shape index (κ3) is 7.21. The zero-order chi connectivity index (χ0) is 18.4. The molecule has 1 aliphatic heterocycles. The van der Waals surface area contributed by atoms with E-state index in [2.05, 4.69) is 20.6 Å². The molecule has 0 bridgehead atoms. The van der Waals surface area contributed by atoms with Crippen molar-refractivity contribution in [2.24, 2.45) is 4.99 Å². The Morgan fingerprint density at radius 3 is 2.77 bits per heavy atom. The van der Waals surface area contributed by atoms with Crippen molar-refractivity contribution in [1.29, 1.82) is 0 Å². The number of alkyl halides is 5. The van der Waals surface area contributed by atoms with Gasteiger partial charge in [-0.05, 0) is 13.3 Å². The van der Waals surface area contributed by atoms with Crippen molar-refractivity contribution < 1.29 is 22.0 Å². The van der Waals surface area contributed by atoms with Crippen LogP contribution in [0.4, 0.5) is 22.0 Å². The first-order valence-electron chi connectivity index (χ1n) is 7.92. The molecule has 2 rings (SSSR count). The highest BCUT2D eigenvalue weighted by Gasteiger charge is 2.34. The lowest BCUT2D eigenvalue weighted by Crippen LogP contribution is -2.45. The molecule has 0 aliphatic carbocycles. The molecule has 12 heteroatoms. The van der Waals surface area contributed by atoms with E-state index in [0.717, 1.165) is 0 Å². The van der Waals surface area contributed by atoms with Crippen molar-refractivity contribution in [2.75, 3.05) is 26.2 Å². The van der Waals surface area contributed by atoms with Gasteiger partial charge in [-0.1, -0.05) is 0 Å². The quantitative estimate of drug-likeness (QED) is 0.275. The monoisotopic (exact) mass is 496 g/mol. The van der Waals surface area contributed by atoms with E-state index >= 15 is 0 Å². The Hall–Kier alpha value is -1.18. The summed E-state index contributed by atoms with van der Waals surface area (Å²) < 4.78 is 63.6. The van der Waals surface area contributed by atoms with E-state index in [1.54, 1.807) is 0 Å². The van der Waals surface area contributed by atoms with Crippen LogP contribution in [0.15, 0.2) is 17.4 Å². The maximum atomic E-state index is 12.8. The number of guanidine groups is 1. The SMILES string of the molecule is CCNC(=NCc1nccn1C(F)F)NC1CCN(CC(F)(F)F)C1.I. The number of halogens is 6. The van der Waals surface area contributed by atoms with Crippen LogP contribution in [0, 0.1) is 0 Å². The van der Waals surface area contributed by atoms with Crippen molar-refractivity contribution >= 4 is 29.9 Å². The first-order valence-corrected chi connectivity index (χ1v) is 7.92. The maximum Gasteiger partial charge on any atom is 0.401 e. The Kier molecular flexibility index (Phi) is 9.00. The number of imidazole rings is 1. The van der Waals surface area contributed by atoms with Gasteiger partial charge in [-0.15, -0.1) is 24.0 Å². The van der Waals surface area contributed by atoms with Crippen LogP contribution in [0.3, 0.4) is 0 Å². The number of aromatic nitrogens is 2. The van der Waals surface area contributed by atoms with Crippen LogP contribution in [0.25, 0.3) is 0 Å². The fraction of sp³-hybridized carbons (Fsp3) is 0.714. The standard InChI is InChI=1S/C14H21F5N6.HI/c1-2-20-13(22-7-11-21-4-6-25(11)12(15)16)23-10-3-5-24(8-10)9-14(17,18)19;/h4,6,10,12H,2-3,5,7-9H2,1H3,(H2,20,22,23);1H. The average molecular weight is 496 g/mol. The minimum absolute atomic E-state index is 0. The summed E-state index contributed by atoms with van der Waals surface area (Å²) in [5, 5.41) is 6.01. The normalized spacial score (nSPS) is 18.9. The number of nitrogens with one attached hydrogen (secondary N) is 2. The molecule has 0 amide bonds. The minimum Gasteiger partial charge on any atom is -0.357 e. The van der Waals surface area contributed by atoms with E-state index in [1.807, 2.05) is 6.92 Å². The van der Waals surface area contributed by atoms with Gasteiger partial charge in [0, 0.05) is 38.1 Å². The number of nitrogens with zero attached hydrogens (tertiary/aromatic N) is 4. The first kappa shape index (κ1) is 22.9. The predicted molar refractivity (Wildman–Crippen MR) is 97.7 cm³/mol. The smallest absolute Gasteiger partial charge is 0.357 e. The van der Waals surface area contributed by atoms with Crippen LogP contribution in [-0.4, -0.2) is 58.8 Å². The molecule has 1 saturated heterocycles. The summed E-state index contributed by atoms with van der Waals surface area (Å²) in [6, 6.07) is -0.185. The van der Waals surface area contributed by atoms with Gasteiger partial charge in [0.1, 0.15) is 12.4 Å². The zero-order valence-corrected chi connectivity index (χ0v) is 16.5. The van der Waals surface area contributed by atoms with Gasteiger partial charge in [-0.25, -0.2) is 9.98 Å². The van der Waals surface area contributed by atoms with Crippen LogP contribution in [-0.2, 0) is 6.54 Å². The topological polar surface area (TPSA) is 57.5 Å². The Labute approximate surface area is 165 Å². The van der Waals surface area contributed by atoms with Crippen LogP contribution in [0.1, 0.15) is 25.7 Å². The van der Waals surface area contributed by atoms with Gasteiger partial charge in [0.05, 0.1) is 6.54 Å². The summed E-state index contributed by atoms with van der Waals surface area (Å²) >= 11 is 0. The lowest BCUT2D eigenvalue weighted by molar-refractivity contribution is -0.143. The van der Waals surface area contributed by atoms with E-state index in [-0.39, 0.29) is 48.9 Å². The molecule has 150 valence electrons. The molecule has 6 nitrogen and oxygen atoms in total. The predicted octanol–water partition coefficient (Wildman–Crippen LogP) is 2.59. The van der Waals surface area contributed by atoms with Crippen LogP contribution in [0.5, 0.6) is 0 Å². The second-order valence-electron chi connectivity index (χ2n) is 5.70. The van der Waals surface area contributed by atoms with Crippen molar-refractivity contribution in [3.05, 3.63) is 18.2 Å². The van der Waals surface area contributed by atoms with E-state index in [4.69, 9.17) is 0 Å². The number of likely N-dealkylation sites (tertiary alicyclic amines) is 1. The molecular formula is C14H22F5IN6. The summed E-state index contributed by atoms with van der Waals surface area (Å²) in [4.78, 5) is 9.36. The minimum atomic E-state index is -4.22. The molecule has 2 heterocycles. The molecule has 1 fully saturated rings. The number of rotatable bonds is 6. The van der Waals surface area contributed by atoms with Crippen LogP contribution < -0.4 is 10.6 Å². The van der Waals surface area contributed by atoms with Crippen molar-refractivity contribution in [2.45, 2.75) is 38.7 Å². The van der Waals surface area contributed by atoms with E-state index in [1.165, 1.54) is 17.3 Å². The first-order chi connectivity index (χ1) is 11.8. The van der Waals surface area contributed by atoms with Gasteiger partial charge in [-0.2, -0.15) is 22.0 Å². The second-order valence-corrected chi connectivity index (χ2v) is 5.70. The number of hydrogen-bond acceptors (Lipinski definition) is 3. The molecule has 1 unspecified atom stereocenters. The van der Waals surface area contributed by atoms with Gasteiger partial charge in [0.25, 0.3) is 0 Å². The van der Waals surface area contributed by atoms with Gasteiger partial charge >= 0.3 is 12.7 Å². The maximum absolute atomic E-state index is 12.8. The Morgan fingerprint density at radius 1 is 1.42 bits per heavy atom. The molecule has 0 aromatic carbocycles. The lowest BCUT2D eigenvalue weighted by Gasteiger charge is -2.19.